The van der Waals surface area contributed by atoms with Crippen LogP contribution in [-0.2, 0) is 16.0 Å². The highest BCUT2D eigenvalue weighted by Crippen LogP contribution is 2.32. The summed E-state index contributed by atoms with van der Waals surface area (Å²) in [4.78, 5) is 18.9. The Morgan fingerprint density at radius 3 is 2.92 bits per heavy atom. The molecule has 134 valence electrons. The Morgan fingerprint density at radius 2 is 2.25 bits per heavy atom. The Labute approximate surface area is 142 Å². The molecule has 1 aromatic rings. The topological polar surface area (TPSA) is 88.7 Å². The number of hydrogen-bond acceptors (Lipinski definition) is 6. The predicted molar refractivity (Wildman–Crippen MR) is 86.4 cm³/mol. The van der Waals surface area contributed by atoms with Crippen molar-refractivity contribution < 1.29 is 19.2 Å². The maximum atomic E-state index is 12.7. The average Bonchev–Trinajstić information content (AvgIpc) is 3.21. The molecule has 1 N–H and O–H groups in total. The van der Waals surface area contributed by atoms with Crippen LogP contribution in [0.2, 0.25) is 0 Å². The zero-order valence-electron chi connectivity index (χ0n) is 14.5. The molecular formula is C17H27N3O4. The Balaban J connectivity index is 1.59. The van der Waals surface area contributed by atoms with Gasteiger partial charge in [0.05, 0.1) is 25.4 Å². The Kier molecular flexibility index (Phi) is 5.50. The number of carbonyl (C=O) groups excluding carboxylic acids is 1. The molecule has 3 atom stereocenters. The van der Waals surface area contributed by atoms with E-state index in [0.717, 1.165) is 19.3 Å². The van der Waals surface area contributed by atoms with Crippen molar-refractivity contribution in [3.63, 3.8) is 0 Å². The van der Waals surface area contributed by atoms with Crippen molar-refractivity contribution in [1.29, 1.82) is 0 Å². The first-order chi connectivity index (χ1) is 11.6. The number of nitrogens with zero attached hydrogens (tertiary/aromatic N) is 3. The van der Waals surface area contributed by atoms with Crippen LogP contribution in [0.4, 0.5) is 0 Å². The van der Waals surface area contributed by atoms with E-state index in [0.29, 0.717) is 44.3 Å². The third-order valence-corrected chi connectivity index (χ3v) is 5.06. The smallest absolute Gasteiger partial charge is 0.227 e. The molecule has 0 spiro atoms. The lowest BCUT2D eigenvalue weighted by molar-refractivity contribution is -0.144. The molecule has 2 aliphatic rings. The molecule has 24 heavy (non-hydrogen) atoms. The summed E-state index contributed by atoms with van der Waals surface area (Å²) in [5.41, 5.74) is 0. The first kappa shape index (κ1) is 17.4. The summed E-state index contributed by atoms with van der Waals surface area (Å²) in [6.45, 7) is 5.68. The number of rotatable bonds is 5. The standard InChI is InChI=1S/C17H27N3O4/c1-11(2)17-18-15(24-19-17)6-7-16(22)20-8-9-23-10-13(20)12-4-3-5-14(12)21/h11-14,21H,3-10H2,1-2H3. The quantitative estimate of drug-likeness (QED) is 0.876. The van der Waals surface area contributed by atoms with Crippen LogP contribution < -0.4 is 0 Å². The second-order valence-corrected chi connectivity index (χ2v) is 7.09. The maximum absolute atomic E-state index is 12.7. The van der Waals surface area contributed by atoms with Crippen molar-refractivity contribution >= 4 is 5.91 Å². The first-order valence-electron chi connectivity index (χ1n) is 8.94. The van der Waals surface area contributed by atoms with Gasteiger partial charge in [-0.3, -0.25) is 4.79 Å². The minimum Gasteiger partial charge on any atom is -0.393 e. The molecule has 1 aromatic heterocycles. The number of aliphatic hydroxyl groups is 1. The summed E-state index contributed by atoms with van der Waals surface area (Å²) in [7, 11) is 0. The van der Waals surface area contributed by atoms with Gasteiger partial charge in [0.2, 0.25) is 11.8 Å². The lowest BCUT2D eigenvalue weighted by Gasteiger charge is -2.40. The van der Waals surface area contributed by atoms with E-state index in [1.54, 1.807) is 0 Å². The summed E-state index contributed by atoms with van der Waals surface area (Å²) in [6.07, 6.45) is 3.28. The van der Waals surface area contributed by atoms with Crippen LogP contribution in [0.25, 0.3) is 0 Å². The number of aryl methyl sites for hydroxylation is 1. The number of aromatic nitrogens is 2. The van der Waals surface area contributed by atoms with E-state index in [4.69, 9.17) is 9.26 Å². The van der Waals surface area contributed by atoms with Gasteiger partial charge in [0.1, 0.15) is 0 Å². The van der Waals surface area contributed by atoms with Crippen LogP contribution in [0.15, 0.2) is 4.52 Å². The van der Waals surface area contributed by atoms with E-state index >= 15 is 0 Å². The lowest BCUT2D eigenvalue weighted by atomic mass is 9.94. The number of morpholine rings is 1. The largest absolute Gasteiger partial charge is 0.393 e. The van der Waals surface area contributed by atoms with Crippen molar-refractivity contribution in [2.75, 3.05) is 19.8 Å². The van der Waals surface area contributed by atoms with Crippen molar-refractivity contribution in [3.8, 4) is 0 Å². The SMILES string of the molecule is CC(C)c1noc(CCC(=O)N2CCOCC2C2CCCC2O)n1. The molecule has 1 saturated heterocycles. The van der Waals surface area contributed by atoms with Crippen LogP contribution >= 0.6 is 0 Å². The van der Waals surface area contributed by atoms with Crippen LogP contribution in [0, 0.1) is 5.92 Å². The zero-order chi connectivity index (χ0) is 17.1. The molecule has 3 unspecified atom stereocenters. The Hall–Kier alpha value is -1.47. The molecule has 7 heteroatoms. The van der Waals surface area contributed by atoms with Crippen molar-refractivity contribution in [3.05, 3.63) is 11.7 Å². The van der Waals surface area contributed by atoms with Crippen molar-refractivity contribution in [2.45, 2.75) is 64.0 Å². The maximum Gasteiger partial charge on any atom is 0.227 e. The van der Waals surface area contributed by atoms with Gasteiger partial charge in [-0.15, -0.1) is 0 Å². The number of carbonyl (C=O) groups is 1. The van der Waals surface area contributed by atoms with E-state index in [1.165, 1.54) is 0 Å². The van der Waals surface area contributed by atoms with Gasteiger partial charge in [0.15, 0.2) is 5.82 Å². The van der Waals surface area contributed by atoms with Crippen LogP contribution in [-0.4, -0.2) is 58.0 Å². The van der Waals surface area contributed by atoms with Gasteiger partial charge in [0, 0.05) is 31.2 Å². The summed E-state index contributed by atoms with van der Waals surface area (Å²) in [5.74, 6) is 1.61. The van der Waals surface area contributed by atoms with Crippen molar-refractivity contribution in [1.82, 2.24) is 15.0 Å². The lowest BCUT2D eigenvalue weighted by Crippen LogP contribution is -2.53. The first-order valence-corrected chi connectivity index (χ1v) is 8.94. The molecule has 1 saturated carbocycles. The molecule has 1 amide bonds. The molecule has 0 bridgehead atoms. The van der Waals surface area contributed by atoms with Gasteiger partial charge < -0.3 is 19.3 Å². The molecule has 3 rings (SSSR count). The molecule has 1 aliphatic heterocycles. The third kappa shape index (κ3) is 3.78. The molecular weight excluding hydrogens is 310 g/mol. The normalized spacial score (nSPS) is 27.8. The molecule has 7 nitrogen and oxygen atoms in total. The van der Waals surface area contributed by atoms with E-state index < -0.39 is 0 Å². The van der Waals surface area contributed by atoms with Gasteiger partial charge in [-0.2, -0.15) is 4.98 Å². The van der Waals surface area contributed by atoms with Gasteiger partial charge >= 0.3 is 0 Å². The fourth-order valence-corrected chi connectivity index (χ4v) is 3.67. The zero-order valence-corrected chi connectivity index (χ0v) is 14.5. The molecule has 0 radical (unpaired) electrons. The number of ether oxygens (including phenoxy) is 1. The summed E-state index contributed by atoms with van der Waals surface area (Å²) >= 11 is 0. The Morgan fingerprint density at radius 1 is 1.42 bits per heavy atom. The van der Waals surface area contributed by atoms with Crippen LogP contribution in [0.5, 0.6) is 0 Å². The van der Waals surface area contributed by atoms with Crippen LogP contribution in [0.3, 0.4) is 0 Å². The second-order valence-electron chi connectivity index (χ2n) is 7.09. The summed E-state index contributed by atoms with van der Waals surface area (Å²) in [6, 6.07) is -0.0161. The number of aliphatic hydroxyl groups excluding tert-OH is 1. The highest BCUT2D eigenvalue weighted by atomic mass is 16.5. The van der Waals surface area contributed by atoms with Gasteiger partial charge in [0.25, 0.3) is 0 Å². The fourth-order valence-electron chi connectivity index (χ4n) is 3.67. The van der Waals surface area contributed by atoms with E-state index in [2.05, 4.69) is 10.1 Å². The van der Waals surface area contributed by atoms with E-state index in [-0.39, 0.29) is 29.9 Å². The molecule has 1 aliphatic carbocycles. The monoisotopic (exact) mass is 337 g/mol. The molecule has 2 heterocycles. The predicted octanol–water partition coefficient (Wildman–Crippen LogP) is 1.51. The highest BCUT2D eigenvalue weighted by molar-refractivity contribution is 5.76. The number of amides is 1. The van der Waals surface area contributed by atoms with Gasteiger partial charge in [-0.05, 0) is 12.8 Å². The van der Waals surface area contributed by atoms with E-state index in [9.17, 15) is 9.90 Å². The van der Waals surface area contributed by atoms with Gasteiger partial charge in [-0.1, -0.05) is 25.4 Å². The fraction of sp³-hybridized carbons (Fsp3) is 0.824. The Bertz CT molecular complexity index is 560. The van der Waals surface area contributed by atoms with Crippen LogP contribution in [0.1, 0.15) is 57.2 Å². The minimum absolute atomic E-state index is 0.0161. The second kappa shape index (κ2) is 7.61. The summed E-state index contributed by atoms with van der Waals surface area (Å²) in [5, 5.41) is 14.1. The third-order valence-electron chi connectivity index (χ3n) is 5.06. The number of hydrogen-bond donors (Lipinski definition) is 1. The molecule has 2 fully saturated rings. The molecule has 0 aromatic carbocycles. The van der Waals surface area contributed by atoms with Crippen molar-refractivity contribution in [2.24, 2.45) is 5.92 Å². The van der Waals surface area contributed by atoms with E-state index in [1.807, 2.05) is 18.7 Å². The average molecular weight is 337 g/mol. The highest BCUT2D eigenvalue weighted by Gasteiger charge is 2.39. The van der Waals surface area contributed by atoms with Gasteiger partial charge in [-0.25, -0.2) is 0 Å². The minimum atomic E-state index is -0.323. The summed E-state index contributed by atoms with van der Waals surface area (Å²) < 4.78 is 10.8.